The second-order valence-corrected chi connectivity index (χ2v) is 8.76. The highest BCUT2D eigenvalue weighted by Crippen LogP contribution is 2.46. The van der Waals surface area contributed by atoms with Crippen LogP contribution in [0.1, 0.15) is 54.1 Å². The molecule has 1 saturated heterocycles. The fourth-order valence-corrected chi connectivity index (χ4v) is 5.32. The van der Waals surface area contributed by atoms with Crippen molar-refractivity contribution in [2.75, 3.05) is 6.61 Å². The summed E-state index contributed by atoms with van der Waals surface area (Å²) in [6, 6.07) is 5.95. The molecular weight excluding hydrogens is 386 g/mol. The maximum absolute atomic E-state index is 10.7. The lowest BCUT2D eigenvalue weighted by atomic mass is 9.87. The Labute approximate surface area is 175 Å². The summed E-state index contributed by atoms with van der Waals surface area (Å²) in [6.45, 7) is 4.30. The van der Waals surface area contributed by atoms with Gasteiger partial charge in [0, 0.05) is 23.3 Å². The lowest BCUT2D eigenvalue weighted by Gasteiger charge is -2.33. The highest BCUT2D eigenvalue weighted by Gasteiger charge is 2.47. The number of ether oxygens (including phenoxy) is 2. The van der Waals surface area contributed by atoms with Gasteiger partial charge in [0.2, 0.25) is 0 Å². The van der Waals surface area contributed by atoms with Gasteiger partial charge < -0.3 is 19.7 Å². The molecule has 2 heterocycles. The molecule has 5 atom stereocenters. The zero-order valence-corrected chi connectivity index (χ0v) is 17.6. The molecule has 2 N–H and O–H groups in total. The minimum atomic E-state index is -0.423. The quantitative estimate of drug-likeness (QED) is 0.733. The topological polar surface area (TPSA) is 71.8 Å². The molecule has 1 aromatic heterocycles. The Morgan fingerprint density at radius 1 is 1.34 bits per heavy atom. The number of rotatable bonds is 5. The number of aryl methyl sites for hydroxylation is 1. The molecular formula is C23H27NO4S. The first-order chi connectivity index (χ1) is 14.1. The summed E-state index contributed by atoms with van der Waals surface area (Å²) in [7, 11) is 0. The van der Waals surface area contributed by atoms with Crippen molar-refractivity contribution in [3.63, 3.8) is 0 Å². The second kappa shape index (κ2) is 8.85. The highest BCUT2D eigenvalue weighted by atomic mass is 32.1. The van der Waals surface area contributed by atoms with Crippen LogP contribution in [0.2, 0.25) is 0 Å². The van der Waals surface area contributed by atoms with E-state index >= 15 is 0 Å². The molecule has 0 radical (unpaired) electrons. The van der Waals surface area contributed by atoms with E-state index in [9.17, 15) is 10.2 Å². The number of hydrogen-bond donors (Lipinski definition) is 2. The van der Waals surface area contributed by atoms with Crippen LogP contribution < -0.4 is 4.74 Å². The summed E-state index contributed by atoms with van der Waals surface area (Å²) >= 11 is 1.54. The molecule has 0 bridgehead atoms. The lowest BCUT2D eigenvalue weighted by molar-refractivity contribution is -0.0812. The molecule has 1 aromatic carbocycles. The number of aromatic nitrogens is 1. The maximum Gasteiger partial charge on any atom is 0.122 e. The predicted molar refractivity (Wildman–Crippen MR) is 112 cm³/mol. The summed E-state index contributed by atoms with van der Waals surface area (Å²) < 4.78 is 12.4. The van der Waals surface area contributed by atoms with Crippen molar-refractivity contribution in [1.29, 1.82) is 0 Å². The Bertz CT molecular complexity index is 915. The molecule has 29 heavy (non-hydrogen) atoms. The van der Waals surface area contributed by atoms with Crippen molar-refractivity contribution in [2.45, 2.75) is 58.0 Å². The molecule has 2 fully saturated rings. The molecule has 2 aliphatic rings. The Morgan fingerprint density at radius 2 is 2.21 bits per heavy atom. The van der Waals surface area contributed by atoms with E-state index in [1.165, 1.54) is 11.3 Å². The van der Waals surface area contributed by atoms with E-state index in [1.807, 2.05) is 37.4 Å². The number of aliphatic hydroxyl groups is 2. The van der Waals surface area contributed by atoms with Gasteiger partial charge in [-0.15, -0.1) is 17.3 Å². The van der Waals surface area contributed by atoms with Crippen molar-refractivity contribution in [2.24, 2.45) is 11.8 Å². The van der Waals surface area contributed by atoms with Crippen LogP contribution in [0.3, 0.4) is 0 Å². The largest absolute Gasteiger partial charge is 0.493 e. The molecule has 5 nitrogen and oxygen atoms in total. The number of fused-ring (bicyclic) bond motifs is 1. The summed E-state index contributed by atoms with van der Waals surface area (Å²) in [5.74, 6) is 7.18. The second-order valence-electron chi connectivity index (χ2n) is 7.87. The van der Waals surface area contributed by atoms with Crippen LogP contribution in [-0.2, 0) is 11.3 Å². The summed E-state index contributed by atoms with van der Waals surface area (Å²) in [6.07, 6.45) is 2.05. The van der Waals surface area contributed by atoms with Crippen LogP contribution in [0, 0.1) is 30.6 Å². The Morgan fingerprint density at radius 3 is 2.97 bits per heavy atom. The van der Waals surface area contributed by atoms with Gasteiger partial charge in [0.05, 0.1) is 31.1 Å². The zero-order valence-electron chi connectivity index (χ0n) is 16.8. The first-order valence-corrected chi connectivity index (χ1v) is 11.0. The first kappa shape index (κ1) is 20.4. The summed E-state index contributed by atoms with van der Waals surface area (Å²) in [5.41, 5.74) is 2.80. The van der Waals surface area contributed by atoms with Crippen LogP contribution in [-0.4, -0.2) is 34.0 Å². The molecule has 1 saturated carbocycles. The fraction of sp³-hybridized carbons (Fsp3) is 0.522. The minimum absolute atomic E-state index is 0.0263. The molecule has 1 aliphatic heterocycles. The summed E-state index contributed by atoms with van der Waals surface area (Å²) in [4.78, 5) is 4.46. The van der Waals surface area contributed by atoms with E-state index in [1.54, 1.807) is 0 Å². The van der Waals surface area contributed by atoms with Crippen LogP contribution in [0.15, 0.2) is 23.6 Å². The Balaban J connectivity index is 1.39. The Kier molecular flexibility index (Phi) is 6.21. The van der Waals surface area contributed by atoms with E-state index in [4.69, 9.17) is 9.47 Å². The molecule has 0 unspecified atom stereocenters. The van der Waals surface area contributed by atoms with Gasteiger partial charge in [0.15, 0.2) is 0 Å². The van der Waals surface area contributed by atoms with Crippen LogP contribution >= 0.6 is 11.3 Å². The van der Waals surface area contributed by atoms with Crippen LogP contribution in [0.4, 0.5) is 0 Å². The van der Waals surface area contributed by atoms with Gasteiger partial charge in [-0.05, 0) is 50.3 Å². The zero-order chi connectivity index (χ0) is 20.4. The van der Waals surface area contributed by atoms with E-state index in [0.29, 0.717) is 24.6 Å². The van der Waals surface area contributed by atoms with E-state index in [-0.39, 0.29) is 24.7 Å². The third-order valence-electron chi connectivity index (χ3n) is 6.01. The predicted octanol–water partition coefficient (Wildman–Crippen LogP) is 3.61. The molecule has 2 aromatic rings. The normalized spacial score (nSPS) is 28.5. The van der Waals surface area contributed by atoms with Gasteiger partial charge in [-0.3, -0.25) is 0 Å². The van der Waals surface area contributed by atoms with Gasteiger partial charge in [0.1, 0.15) is 16.9 Å². The van der Waals surface area contributed by atoms with Crippen LogP contribution in [0.5, 0.6) is 5.75 Å². The number of benzene rings is 1. The van der Waals surface area contributed by atoms with Crippen molar-refractivity contribution in [3.05, 3.63) is 45.4 Å². The molecule has 0 amide bonds. The Hall–Kier alpha value is -1.91. The number of thiazole rings is 1. The third-order valence-corrected chi connectivity index (χ3v) is 7.00. The SMILES string of the molecule is CC#Cc1cc(OC[C@@H]2[C@H]3CC[C@H](c4nc(CO)cs4)O[C@H]3C[C@@H]2O)ccc1C. The highest BCUT2D eigenvalue weighted by molar-refractivity contribution is 7.09. The van der Waals surface area contributed by atoms with Gasteiger partial charge in [0.25, 0.3) is 0 Å². The smallest absolute Gasteiger partial charge is 0.122 e. The summed E-state index contributed by atoms with van der Waals surface area (Å²) in [5, 5.41) is 22.7. The maximum atomic E-state index is 10.7. The monoisotopic (exact) mass is 413 g/mol. The third kappa shape index (κ3) is 4.34. The average Bonchev–Trinajstić information content (AvgIpc) is 3.32. The number of nitrogens with zero attached hydrogens (tertiary/aromatic N) is 1. The fourth-order valence-electron chi connectivity index (χ4n) is 4.44. The van der Waals surface area contributed by atoms with Crippen molar-refractivity contribution < 1.29 is 19.7 Å². The van der Waals surface area contributed by atoms with Crippen molar-refractivity contribution in [1.82, 2.24) is 4.98 Å². The molecule has 1 aliphatic carbocycles. The van der Waals surface area contributed by atoms with Gasteiger partial charge >= 0.3 is 0 Å². The van der Waals surface area contributed by atoms with E-state index in [2.05, 4.69) is 16.8 Å². The molecule has 4 rings (SSSR count). The van der Waals surface area contributed by atoms with Gasteiger partial charge in [-0.2, -0.15) is 0 Å². The van der Waals surface area contributed by atoms with Crippen molar-refractivity contribution >= 4 is 11.3 Å². The molecule has 0 spiro atoms. The first-order valence-electron chi connectivity index (χ1n) is 10.1. The number of hydrogen-bond acceptors (Lipinski definition) is 6. The minimum Gasteiger partial charge on any atom is -0.493 e. The average molecular weight is 414 g/mol. The molecule has 154 valence electrons. The number of aliphatic hydroxyl groups excluding tert-OH is 2. The standard InChI is InChI=1S/C23H27NO4S/c1-3-4-15-9-17(6-5-14(15)2)27-12-19-18-7-8-21(28-22(18)10-20(19)26)23-24-16(11-25)13-29-23/h5-6,9,13,18-22,25-26H,7-8,10-12H2,1-2H3/t18-,19-,20+,21-,22+/m1/s1. The van der Waals surface area contributed by atoms with Crippen LogP contribution in [0.25, 0.3) is 0 Å². The van der Waals surface area contributed by atoms with E-state index in [0.717, 1.165) is 34.7 Å². The van der Waals surface area contributed by atoms with Crippen molar-refractivity contribution in [3.8, 4) is 17.6 Å². The lowest BCUT2D eigenvalue weighted by Crippen LogP contribution is -2.33. The van der Waals surface area contributed by atoms with Gasteiger partial charge in [-0.1, -0.05) is 12.0 Å². The van der Waals surface area contributed by atoms with E-state index < -0.39 is 6.10 Å². The molecule has 6 heteroatoms. The van der Waals surface area contributed by atoms with Gasteiger partial charge in [-0.25, -0.2) is 4.98 Å².